The normalized spacial score (nSPS) is 14.9. The zero-order valence-corrected chi connectivity index (χ0v) is 19.2. The van der Waals surface area contributed by atoms with E-state index in [2.05, 4.69) is 9.71 Å². The van der Waals surface area contributed by atoms with Gasteiger partial charge in [0.25, 0.3) is 15.9 Å². The zero-order valence-electron chi connectivity index (χ0n) is 18.3. The van der Waals surface area contributed by atoms with E-state index in [9.17, 15) is 18.0 Å². The Kier molecular flexibility index (Phi) is 5.70. The van der Waals surface area contributed by atoms with E-state index < -0.39 is 10.0 Å². The molecule has 4 aromatic rings. The number of H-pyrrole nitrogens is 1. The molecule has 1 fully saturated rings. The molecule has 3 aromatic carbocycles. The van der Waals surface area contributed by atoms with Gasteiger partial charge in [-0.3, -0.25) is 14.1 Å². The van der Waals surface area contributed by atoms with Gasteiger partial charge in [0.05, 0.1) is 15.9 Å². The SMILES string of the molecule is O=C(c1cccc(NS(=O)(=O)c2ccccc2)c1)N1CCC(n2c(=O)[nH]c3ccccc32)CC1. The van der Waals surface area contributed by atoms with E-state index in [0.717, 1.165) is 11.0 Å². The highest BCUT2D eigenvalue weighted by Gasteiger charge is 2.27. The first-order valence-electron chi connectivity index (χ1n) is 11.1. The van der Waals surface area contributed by atoms with Crippen LogP contribution in [0.3, 0.4) is 0 Å². The standard InChI is InChI=1S/C25H24N4O4S/c30-24(18-7-6-8-19(17-18)27-34(32,33)21-9-2-1-3-10-21)28-15-13-20(14-16-28)29-23-12-5-4-11-22(23)26-25(29)31/h1-12,17,20,27H,13-16H2,(H,26,31). The Labute approximate surface area is 196 Å². The van der Waals surface area contributed by atoms with Crippen molar-refractivity contribution in [3.8, 4) is 0 Å². The molecule has 0 atom stereocenters. The number of aromatic nitrogens is 2. The molecule has 34 heavy (non-hydrogen) atoms. The number of rotatable bonds is 5. The molecule has 9 heteroatoms. The number of carbonyl (C=O) groups is 1. The topological polar surface area (TPSA) is 104 Å². The summed E-state index contributed by atoms with van der Waals surface area (Å²) >= 11 is 0. The average molecular weight is 477 g/mol. The third-order valence-electron chi connectivity index (χ3n) is 6.16. The minimum atomic E-state index is -3.75. The van der Waals surface area contributed by atoms with Gasteiger partial charge in [0.2, 0.25) is 0 Å². The number of aromatic amines is 1. The highest BCUT2D eigenvalue weighted by molar-refractivity contribution is 7.92. The Morgan fingerprint density at radius 1 is 0.912 bits per heavy atom. The number of anilines is 1. The lowest BCUT2D eigenvalue weighted by Gasteiger charge is -2.32. The van der Waals surface area contributed by atoms with Gasteiger partial charge in [-0.15, -0.1) is 0 Å². The summed E-state index contributed by atoms with van der Waals surface area (Å²) in [5.74, 6) is -0.162. The third kappa shape index (κ3) is 4.22. The fraction of sp³-hybridized carbons (Fsp3) is 0.200. The van der Waals surface area contributed by atoms with Gasteiger partial charge in [0.1, 0.15) is 0 Å². The van der Waals surface area contributed by atoms with Crippen LogP contribution in [0.25, 0.3) is 11.0 Å². The van der Waals surface area contributed by atoms with E-state index in [-0.39, 0.29) is 22.5 Å². The van der Waals surface area contributed by atoms with E-state index in [1.807, 2.05) is 24.3 Å². The van der Waals surface area contributed by atoms with Crippen molar-refractivity contribution in [3.63, 3.8) is 0 Å². The maximum atomic E-state index is 13.1. The molecule has 0 aliphatic carbocycles. The van der Waals surface area contributed by atoms with Gasteiger partial charge in [-0.25, -0.2) is 13.2 Å². The van der Waals surface area contributed by atoms with Crippen LogP contribution in [0.1, 0.15) is 29.2 Å². The lowest BCUT2D eigenvalue weighted by atomic mass is 10.0. The van der Waals surface area contributed by atoms with Crippen molar-refractivity contribution >= 4 is 32.7 Å². The number of benzene rings is 3. The second kappa shape index (κ2) is 8.83. The number of hydrogen-bond acceptors (Lipinski definition) is 4. The molecular weight excluding hydrogens is 452 g/mol. The molecule has 0 spiro atoms. The molecular formula is C25H24N4O4S. The van der Waals surface area contributed by atoms with Crippen molar-refractivity contribution in [2.45, 2.75) is 23.8 Å². The van der Waals surface area contributed by atoms with Gasteiger partial charge in [-0.05, 0) is 55.3 Å². The van der Waals surface area contributed by atoms with Crippen LogP contribution < -0.4 is 10.4 Å². The molecule has 8 nitrogen and oxygen atoms in total. The molecule has 0 saturated carbocycles. The summed E-state index contributed by atoms with van der Waals surface area (Å²) < 4.78 is 29.6. The van der Waals surface area contributed by atoms with Crippen LogP contribution in [0.5, 0.6) is 0 Å². The predicted octanol–water partition coefficient (Wildman–Crippen LogP) is 3.61. The number of nitrogens with zero attached hydrogens (tertiary/aromatic N) is 2. The number of fused-ring (bicyclic) bond motifs is 1. The number of carbonyl (C=O) groups excluding carboxylic acids is 1. The van der Waals surface area contributed by atoms with Crippen molar-refractivity contribution in [1.82, 2.24) is 14.5 Å². The number of likely N-dealkylation sites (tertiary alicyclic amines) is 1. The van der Waals surface area contributed by atoms with E-state index in [1.54, 1.807) is 51.9 Å². The smallest absolute Gasteiger partial charge is 0.326 e. The van der Waals surface area contributed by atoms with Gasteiger partial charge in [-0.2, -0.15) is 0 Å². The first-order valence-corrected chi connectivity index (χ1v) is 12.6. The van der Waals surface area contributed by atoms with Gasteiger partial charge < -0.3 is 9.88 Å². The number of sulfonamides is 1. The summed E-state index contributed by atoms with van der Waals surface area (Å²) in [6, 6.07) is 22.2. The molecule has 1 aliphatic rings. The maximum absolute atomic E-state index is 13.1. The summed E-state index contributed by atoms with van der Waals surface area (Å²) in [7, 11) is -3.75. The van der Waals surface area contributed by atoms with Crippen LogP contribution in [0.15, 0.2) is 88.6 Å². The quantitative estimate of drug-likeness (QED) is 0.459. The molecule has 0 unspecified atom stereocenters. The lowest BCUT2D eigenvalue weighted by Crippen LogP contribution is -2.40. The second-order valence-corrected chi connectivity index (χ2v) is 10.0. The Hall–Kier alpha value is -3.85. The van der Waals surface area contributed by atoms with Gasteiger partial charge in [0.15, 0.2) is 0 Å². The van der Waals surface area contributed by atoms with Crippen LogP contribution >= 0.6 is 0 Å². The molecule has 2 heterocycles. The number of piperidine rings is 1. The monoisotopic (exact) mass is 476 g/mol. The summed E-state index contributed by atoms with van der Waals surface area (Å²) in [4.78, 5) is 30.4. The molecule has 1 amide bonds. The Balaban J connectivity index is 1.29. The number of amides is 1. The van der Waals surface area contributed by atoms with E-state index >= 15 is 0 Å². The Bertz CT molecular complexity index is 1500. The van der Waals surface area contributed by atoms with Gasteiger partial charge in [-0.1, -0.05) is 36.4 Å². The summed E-state index contributed by atoms with van der Waals surface area (Å²) in [5, 5.41) is 0. The summed E-state index contributed by atoms with van der Waals surface area (Å²) in [6.45, 7) is 1.02. The molecule has 1 saturated heterocycles. The first-order chi connectivity index (χ1) is 16.4. The molecule has 0 bridgehead atoms. The van der Waals surface area contributed by atoms with E-state index in [4.69, 9.17) is 0 Å². The molecule has 174 valence electrons. The Morgan fingerprint density at radius 3 is 2.38 bits per heavy atom. The molecule has 5 rings (SSSR count). The van der Waals surface area contributed by atoms with E-state index in [1.165, 1.54) is 12.1 Å². The predicted molar refractivity (Wildman–Crippen MR) is 130 cm³/mol. The lowest BCUT2D eigenvalue weighted by molar-refractivity contribution is 0.0695. The molecule has 1 aromatic heterocycles. The van der Waals surface area contributed by atoms with Gasteiger partial charge >= 0.3 is 5.69 Å². The Morgan fingerprint density at radius 2 is 1.62 bits per heavy atom. The van der Waals surface area contributed by atoms with Crippen molar-refractivity contribution in [2.75, 3.05) is 17.8 Å². The van der Waals surface area contributed by atoms with Crippen LogP contribution in [0.4, 0.5) is 5.69 Å². The summed E-state index contributed by atoms with van der Waals surface area (Å²) in [5.41, 5.74) is 2.28. The van der Waals surface area contributed by atoms with Crippen molar-refractivity contribution in [1.29, 1.82) is 0 Å². The third-order valence-corrected chi connectivity index (χ3v) is 7.55. The minimum Gasteiger partial charge on any atom is -0.338 e. The highest BCUT2D eigenvalue weighted by Crippen LogP contribution is 2.26. The van der Waals surface area contributed by atoms with E-state index in [0.29, 0.717) is 37.2 Å². The number of hydrogen-bond donors (Lipinski definition) is 2. The average Bonchev–Trinajstić information content (AvgIpc) is 3.20. The second-order valence-electron chi connectivity index (χ2n) is 8.34. The van der Waals surface area contributed by atoms with Crippen LogP contribution in [0.2, 0.25) is 0 Å². The zero-order chi connectivity index (χ0) is 23.7. The number of para-hydroxylation sites is 2. The largest absolute Gasteiger partial charge is 0.338 e. The van der Waals surface area contributed by atoms with Crippen molar-refractivity contribution in [2.24, 2.45) is 0 Å². The fourth-order valence-corrected chi connectivity index (χ4v) is 5.55. The van der Waals surface area contributed by atoms with Gasteiger partial charge in [0, 0.05) is 30.4 Å². The first kappa shape index (κ1) is 22.0. The maximum Gasteiger partial charge on any atom is 0.326 e. The number of nitrogens with one attached hydrogen (secondary N) is 2. The van der Waals surface area contributed by atoms with Crippen LogP contribution in [-0.2, 0) is 10.0 Å². The summed E-state index contributed by atoms with van der Waals surface area (Å²) in [6.07, 6.45) is 1.32. The molecule has 2 N–H and O–H groups in total. The fourth-order valence-electron chi connectivity index (χ4n) is 4.48. The minimum absolute atomic E-state index is 0.0108. The van der Waals surface area contributed by atoms with Crippen LogP contribution in [-0.4, -0.2) is 41.9 Å². The van der Waals surface area contributed by atoms with Crippen molar-refractivity contribution in [3.05, 3.63) is 94.9 Å². The van der Waals surface area contributed by atoms with Crippen LogP contribution in [0, 0.1) is 0 Å². The van der Waals surface area contributed by atoms with Crippen molar-refractivity contribution < 1.29 is 13.2 Å². The highest BCUT2D eigenvalue weighted by atomic mass is 32.2. The number of imidazole rings is 1. The molecule has 1 aliphatic heterocycles. The molecule has 0 radical (unpaired) electrons.